The fourth-order valence-electron chi connectivity index (χ4n) is 3.39. The third-order valence-corrected chi connectivity index (χ3v) is 4.77. The molecular formula is C14H29N3O. The van der Waals surface area contributed by atoms with Gasteiger partial charge in [0.15, 0.2) is 0 Å². The fourth-order valence-corrected chi connectivity index (χ4v) is 3.39. The highest BCUT2D eigenvalue weighted by Gasteiger charge is 2.48. The second-order valence-corrected chi connectivity index (χ2v) is 6.15. The van der Waals surface area contributed by atoms with Crippen LogP contribution < -0.4 is 5.73 Å². The van der Waals surface area contributed by atoms with Gasteiger partial charge in [-0.15, -0.1) is 0 Å². The smallest absolute Gasteiger partial charge is 0.0474 e. The Bertz CT molecular complexity index is 270. The van der Waals surface area contributed by atoms with Crippen molar-refractivity contribution in [2.75, 3.05) is 40.4 Å². The lowest BCUT2D eigenvalue weighted by atomic mass is 9.94. The summed E-state index contributed by atoms with van der Waals surface area (Å²) in [4.78, 5) is 5.16. The minimum absolute atomic E-state index is 0.190. The molecule has 0 aromatic rings. The van der Waals surface area contributed by atoms with Crippen LogP contribution in [0.15, 0.2) is 0 Å². The van der Waals surface area contributed by atoms with Crippen LogP contribution in [0.5, 0.6) is 0 Å². The molecule has 2 atom stereocenters. The van der Waals surface area contributed by atoms with Crippen LogP contribution in [0, 0.1) is 0 Å². The van der Waals surface area contributed by atoms with Crippen LogP contribution in [0.25, 0.3) is 0 Å². The van der Waals surface area contributed by atoms with E-state index in [1.807, 2.05) is 0 Å². The Morgan fingerprint density at radius 1 is 1.44 bits per heavy atom. The molecule has 1 aliphatic heterocycles. The molecule has 2 unspecified atom stereocenters. The van der Waals surface area contributed by atoms with E-state index in [0.717, 1.165) is 38.7 Å². The molecule has 1 aliphatic carbocycles. The van der Waals surface area contributed by atoms with Gasteiger partial charge in [-0.3, -0.25) is 9.80 Å². The number of likely N-dealkylation sites (N-methyl/N-ethyl adjacent to an activating group) is 1. The first-order valence-corrected chi connectivity index (χ1v) is 7.29. The molecule has 0 bridgehead atoms. The molecule has 0 amide bonds. The predicted octanol–water partition coefficient (Wildman–Crippen LogP) is 0.909. The number of ether oxygens (including phenoxy) is 1. The number of methoxy groups -OCH3 is 1. The van der Waals surface area contributed by atoms with Gasteiger partial charge in [-0.05, 0) is 39.7 Å². The van der Waals surface area contributed by atoms with Crippen molar-refractivity contribution in [1.29, 1.82) is 0 Å². The van der Waals surface area contributed by atoms with Gasteiger partial charge in [0.05, 0.1) is 0 Å². The molecule has 2 N–H and O–H groups in total. The lowest BCUT2D eigenvalue weighted by Crippen LogP contribution is -2.54. The molecule has 2 rings (SSSR count). The molecule has 1 saturated heterocycles. The summed E-state index contributed by atoms with van der Waals surface area (Å²) in [5.74, 6) is 0. The monoisotopic (exact) mass is 255 g/mol. The molecule has 106 valence electrons. The Kier molecular flexibility index (Phi) is 4.64. The van der Waals surface area contributed by atoms with Crippen molar-refractivity contribution in [3.05, 3.63) is 0 Å². The lowest BCUT2D eigenvalue weighted by Gasteiger charge is -2.38. The van der Waals surface area contributed by atoms with E-state index >= 15 is 0 Å². The average Bonchev–Trinajstić information content (AvgIpc) is 3.14. The van der Waals surface area contributed by atoms with Crippen molar-refractivity contribution in [2.24, 2.45) is 5.73 Å². The summed E-state index contributed by atoms with van der Waals surface area (Å²) in [6.07, 6.45) is 5.08. The molecular weight excluding hydrogens is 226 g/mol. The van der Waals surface area contributed by atoms with Crippen LogP contribution in [0.2, 0.25) is 0 Å². The minimum atomic E-state index is 0.190. The van der Waals surface area contributed by atoms with Crippen LogP contribution >= 0.6 is 0 Å². The van der Waals surface area contributed by atoms with Crippen LogP contribution in [-0.4, -0.2) is 67.8 Å². The third kappa shape index (κ3) is 2.87. The van der Waals surface area contributed by atoms with Crippen molar-refractivity contribution in [2.45, 2.75) is 50.2 Å². The molecule has 0 aromatic heterocycles. The van der Waals surface area contributed by atoms with Gasteiger partial charge in [-0.1, -0.05) is 0 Å². The van der Waals surface area contributed by atoms with Gasteiger partial charge >= 0.3 is 0 Å². The summed E-state index contributed by atoms with van der Waals surface area (Å²) >= 11 is 0. The zero-order valence-electron chi connectivity index (χ0n) is 12.2. The maximum absolute atomic E-state index is 6.12. The molecule has 2 fully saturated rings. The number of rotatable bonds is 7. The molecule has 0 aromatic carbocycles. The van der Waals surface area contributed by atoms with Crippen LogP contribution in [0.4, 0.5) is 0 Å². The number of likely N-dealkylation sites (tertiary alicyclic amines) is 1. The zero-order chi connectivity index (χ0) is 13.2. The Morgan fingerprint density at radius 3 is 2.72 bits per heavy atom. The number of nitrogens with zero attached hydrogens (tertiary/aromatic N) is 2. The van der Waals surface area contributed by atoms with E-state index in [0.29, 0.717) is 6.04 Å². The highest BCUT2D eigenvalue weighted by Crippen LogP contribution is 2.39. The van der Waals surface area contributed by atoms with E-state index in [1.165, 1.54) is 19.3 Å². The minimum Gasteiger partial charge on any atom is -0.385 e. The zero-order valence-corrected chi connectivity index (χ0v) is 12.2. The van der Waals surface area contributed by atoms with Crippen LogP contribution in [0.3, 0.4) is 0 Å². The van der Waals surface area contributed by atoms with Gasteiger partial charge in [0.1, 0.15) is 0 Å². The number of hydrogen-bond donors (Lipinski definition) is 1. The van der Waals surface area contributed by atoms with Gasteiger partial charge in [0.2, 0.25) is 0 Å². The SMILES string of the molecule is COCCCN(C)C1(CN)CC(C)N(C2CC2)C1. The summed E-state index contributed by atoms with van der Waals surface area (Å²) in [6.45, 7) is 6.20. The van der Waals surface area contributed by atoms with E-state index in [1.54, 1.807) is 7.11 Å². The normalized spacial score (nSPS) is 33.5. The molecule has 1 heterocycles. The fraction of sp³-hybridized carbons (Fsp3) is 1.00. The number of nitrogens with two attached hydrogens (primary N) is 1. The van der Waals surface area contributed by atoms with E-state index in [9.17, 15) is 0 Å². The maximum atomic E-state index is 6.12. The Hall–Kier alpha value is -0.160. The lowest BCUT2D eigenvalue weighted by molar-refractivity contribution is 0.109. The Balaban J connectivity index is 1.93. The van der Waals surface area contributed by atoms with E-state index < -0.39 is 0 Å². The van der Waals surface area contributed by atoms with Gasteiger partial charge < -0.3 is 10.5 Å². The third-order valence-electron chi connectivity index (χ3n) is 4.77. The molecule has 0 radical (unpaired) electrons. The summed E-state index contributed by atoms with van der Waals surface area (Å²) in [5, 5.41) is 0. The summed E-state index contributed by atoms with van der Waals surface area (Å²) in [5.41, 5.74) is 6.31. The first-order valence-electron chi connectivity index (χ1n) is 7.29. The largest absolute Gasteiger partial charge is 0.385 e. The van der Waals surface area contributed by atoms with Crippen molar-refractivity contribution < 1.29 is 4.74 Å². The van der Waals surface area contributed by atoms with Gasteiger partial charge in [-0.25, -0.2) is 0 Å². The highest BCUT2D eigenvalue weighted by molar-refractivity contribution is 5.06. The molecule has 4 nitrogen and oxygen atoms in total. The maximum Gasteiger partial charge on any atom is 0.0474 e. The Morgan fingerprint density at radius 2 is 2.17 bits per heavy atom. The molecule has 1 saturated carbocycles. The van der Waals surface area contributed by atoms with Crippen molar-refractivity contribution in [3.63, 3.8) is 0 Å². The van der Waals surface area contributed by atoms with Crippen LogP contribution in [-0.2, 0) is 4.74 Å². The van der Waals surface area contributed by atoms with Crippen molar-refractivity contribution in [1.82, 2.24) is 9.80 Å². The quantitative estimate of drug-likeness (QED) is 0.687. The van der Waals surface area contributed by atoms with Crippen molar-refractivity contribution in [3.8, 4) is 0 Å². The topological polar surface area (TPSA) is 41.7 Å². The highest BCUT2D eigenvalue weighted by atomic mass is 16.5. The van der Waals surface area contributed by atoms with Gasteiger partial charge in [-0.2, -0.15) is 0 Å². The van der Waals surface area contributed by atoms with Crippen LogP contribution in [0.1, 0.15) is 32.6 Å². The second kappa shape index (κ2) is 5.87. The number of hydrogen-bond acceptors (Lipinski definition) is 4. The van der Waals surface area contributed by atoms with E-state index in [-0.39, 0.29) is 5.54 Å². The van der Waals surface area contributed by atoms with Crippen molar-refractivity contribution >= 4 is 0 Å². The van der Waals surface area contributed by atoms with E-state index in [4.69, 9.17) is 10.5 Å². The van der Waals surface area contributed by atoms with Gasteiger partial charge in [0.25, 0.3) is 0 Å². The molecule has 18 heavy (non-hydrogen) atoms. The standard InChI is InChI=1S/C14H29N3O/c1-12-9-14(10-15,11-17(12)13-5-6-13)16(2)7-4-8-18-3/h12-13H,4-11,15H2,1-3H3. The second-order valence-electron chi connectivity index (χ2n) is 6.15. The van der Waals surface area contributed by atoms with E-state index in [2.05, 4.69) is 23.8 Å². The first kappa shape index (κ1) is 14.3. The Labute approximate surface area is 111 Å². The molecule has 4 heteroatoms. The summed E-state index contributed by atoms with van der Waals surface area (Å²) in [7, 11) is 4.00. The summed E-state index contributed by atoms with van der Waals surface area (Å²) < 4.78 is 5.14. The average molecular weight is 255 g/mol. The predicted molar refractivity (Wildman–Crippen MR) is 74.7 cm³/mol. The summed E-state index contributed by atoms with van der Waals surface area (Å²) in [6, 6.07) is 1.53. The molecule has 2 aliphatic rings. The van der Waals surface area contributed by atoms with Gasteiger partial charge in [0, 0.05) is 51.0 Å². The molecule has 0 spiro atoms. The first-order chi connectivity index (χ1) is 8.63.